The summed E-state index contributed by atoms with van der Waals surface area (Å²) in [5, 5.41) is 5.73. The minimum absolute atomic E-state index is 0.0200. The number of carbonyl (C=O) groups excluding carboxylic acids is 2. The minimum atomic E-state index is -0.490. The second-order valence-corrected chi connectivity index (χ2v) is 7.94. The van der Waals surface area contributed by atoms with E-state index in [0.717, 1.165) is 16.4 Å². The first kappa shape index (κ1) is 17.0. The van der Waals surface area contributed by atoms with Crippen molar-refractivity contribution < 1.29 is 9.59 Å². The van der Waals surface area contributed by atoms with Crippen molar-refractivity contribution in [1.82, 2.24) is 15.2 Å². The highest BCUT2D eigenvalue weighted by Crippen LogP contribution is 2.30. The highest BCUT2D eigenvalue weighted by Gasteiger charge is 2.38. The summed E-state index contributed by atoms with van der Waals surface area (Å²) in [7, 11) is 0. The molecule has 2 aliphatic rings. The van der Waals surface area contributed by atoms with Crippen LogP contribution in [0.1, 0.15) is 25.3 Å². The summed E-state index contributed by atoms with van der Waals surface area (Å²) in [5.41, 5.74) is 3.43. The summed E-state index contributed by atoms with van der Waals surface area (Å²) in [6, 6.07) is 8.59. The largest absolute Gasteiger partial charge is 0.346 e. The lowest BCUT2D eigenvalue weighted by Crippen LogP contribution is -2.65. The van der Waals surface area contributed by atoms with E-state index >= 15 is 0 Å². The summed E-state index contributed by atoms with van der Waals surface area (Å²) >= 11 is 1.63. The molecule has 26 heavy (non-hydrogen) atoms. The molecule has 0 spiro atoms. The number of aromatic nitrogens is 1. The van der Waals surface area contributed by atoms with Crippen molar-refractivity contribution in [2.24, 2.45) is 0 Å². The number of carbonyl (C=O) groups is 2. The predicted octanol–water partition coefficient (Wildman–Crippen LogP) is 2.08. The lowest BCUT2D eigenvalue weighted by Gasteiger charge is -2.43. The quantitative estimate of drug-likeness (QED) is 0.840. The van der Waals surface area contributed by atoms with Crippen molar-refractivity contribution in [2.75, 3.05) is 31.1 Å². The smallest absolute Gasteiger partial charge is 0.312 e. The Balaban J connectivity index is 1.48. The Morgan fingerprint density at radius 1 is 1.19 bits per heavy atom. The number of hydrogen-bond donors (Lipinski definition) is 1. The monoisotopic (exact) mass is 370 g/mol. The maximum absolute atomic E-state index is 11.9. The molecule has 4 rings (SSSR count). The average Bonchev–Trinajstić information content (AvgIpc) is 3.15. The summed E-state index contributed by atoms with van der Waals surface area (Å²) in [6.07, 6.45) is 0. The molecule has 7 heteroatoms. The van der Waals surface area contributed by atoms with Gasteiger partial charge < -0.3 is 15.1 Å². The highest BCUT2D eigenvalue weighted by molar-refractivity contribution is 7.14. The minimum Gasteiger partial charge on any atom is -0.346 e. The lowest BCUT2D eigenvalue weighted by atomic mass is 10.0. The van der Waals surface area contributed by atoms with Gasteiger partial charge in [0.05, 0.1) is 11.7 Å². The van der Waals surface area contributed by atoms with Crippen LogP contribution in [0.25, 0.3) is 11.3 Å². The number of nitrogens with one attached hydrogen (secondary N) is 1. The van der Waals surface area contributed by atoms with E-state index in [-0.39, 0.29) is 6.04 Å². The van der Waals surface area contributed by atoms with Crippen LogP contribution in [0.3, 0.4) is 0 Å². The van der Waals surface area contributed by atoms with E-state index < -0.39 is 11.8 Å². The Kier molecular flexibility index (Phi) is 4.40. The third-order valence-electron chi connectivity index (χ3n) is 5.07. The van der Waals surface area contributed by atoms with Crippen molar-refractivity contribution in [3.8, 4) is 11.3 Å². The zero-order valence-electron chi connectivity index (χ0n) is 14.9. The molecule has 1 atom stereocenters. The van der Waals surface area contributed by atoms with Crippen LogP contribution in [-0.4, -0.2) is 53.9 Å². The number of thiazole rings is 1. The van der Waals surface area contributed by atoms with Crippen molar-refractivity contribution in [1.29, 1.82) is 0 Å². The van der Waals surface area contributed by atoms with Gasteiger partial charge >= 0.3 is 11.8 Å². The zero-order chi connectivity index (χ0) is 18.3. The molecule has 6 nitrogen and oxygen atoms in total. The van der Waals surface area contributed by atoms with Gasteiger partial charge in [0.15, 0.2) is 5.13 Å². The second kappa shape index (κ2) is 6.72. The van der Waals surface area contributed by atoms with E-state index in [1.165, 1.54) is 5.56 Å². The van der Waals surface area contributed by atoms with Crippen LogP contribution in [-0.2, 0) is 9.59 Å². The van der Waals surface area contributed by atoms with Gasteiger partial charge in [0, 0.05) is 37.1 Å². The molecule has 0 bridgehead atoms. The Morgan fingerprint density at radius 3 is 2.69 bits per heavy atom. The van der Waals surface area contributed by atoms with Crippen LogP contribution in [0.2, 0.25) is 0 Å². The Labute approximate surface area is 156 Å². The van der Waals surface area contributed by atoms with Crippen LogP contribution in [0, 0.1) is 0 Å². The summed E-state index contributed by atoms with van der Waals surface area (Å²) in [4.78, 5) is 32.2. The van der Waals surface area contributed by atoms with Crippen LogP contribution in [0.5, 0.6) is 0 Å². The van der Waals surface area contributed by atoms with Crippen LogP contribution < -0.4 is 10.2 Å². The van der Waals surface area contributed by atoms with Gasteiger partial charge in [-0.05, 0) is 11.5 Å². The van der Waals surface area contributed by atoms with Gasteiger partial charge in [-0.2, -0.15) is 0 Å². The topological polar surface area (TPSA) is 65.5 Å². The van der Waals surface area contributed by atoms with E-state index in [9.17, 15) is 9.59 Å². The van der Waals surface area contributed by atoms with Gasteiger partial charge in [0.1, 0.15) is 0 Å². The van der Waals surface area contributed by atoms with Crippen molar-refractivity contribution >= 4 is 28.3 Å². The molecular weight excluding hydrogens is 348 g/mol. The fraction of sp³-hybridized carbons (Fsp3) is 0.421. The first-order chi connectivity index (χ1) is 12.5. The molecule has 136 valence electrons. The maximum atomic E-state index is 11.9. The summed E-state index contributed by atoms with van der Waals surface area (Å²) in [6.45, 7) is 6.85. The number of piperazine rings is 2. The van der Waals surface area contributed by atoms with Gasteiger partial charge in [0.25, 0.3) is 0 Å². The predicted molar refractivity (Wildman–Crippen MR) is 102 cm³/mol. The Bertz CT molecular complexity index is 830. The van der Waals surface area contributed by atoms with Crippen molar-refractivity contribution in [3.05, 3.63) is 35.2 Å². The third-order valence-corrected chi connectivity index (χ3v) is 5.97. The molecule has 1 aromatic carbocycles. The molecule has 2 saturated heterocycles. The summed E-state index contributed by atoms with van der Waals surface area (Å²) in [5.74, 6) is -0.382. The van der Waals surface area contributed by atoms with Crippen molar-refractivity contribution in [2.45, 2.75) is 25.8 Å². The number of fused-ring (bicyclic) bond motifs is 1. The highest BCUT2D eigenvalue weighted by atomic mass is 32.1. The maximum Gasteiger partial charge on any atom is 0.312 e. The van der Waals surface area contributed by atoms with Crippen LogP contribution in [0.15, 0.2) is 29.6 Å². The summed E-state index contributed by atoms with van der Waals surface area (Å²) < 4.78 is 0. The average molecular weight is 370 g/mol. The molecule has 2 fully saturated rings. The fourth-order valence-corrected chi connectivity index (χ4v) is 4.34. The number of benzene rings is 1. The molecule has 0 aliphatic carbocycles. The van der Waals surface area contributed by atoms with Gasteiger partial charge in [-0.25, -0.2) is 4.98 Å². The molecule has 2 amide bonds. The van der Waals surface area contributed by atoms with E-state index in [0.29, 0.717) is 32.1 Å². The standard InChI is InChI=1S/C19H22N4O2S/c1-12(2)13-3-5-14(6-4-13)16-11-26-19(21-16)22-7-8-23-15(10-22)9-20-17(24)18(23)25/h3-6,11-12,15H,7-10H2,1-2H3,(H,20,24). The lowest BCUT2D eigenvalue weighted by molar-refractivity contribution is -0.150. The van der Waals surface area contributed by atoms with E-state index in [1.807, 2.05) is 0 Å². The number of hydrogen-bond acceptors (Lipinski definition) is 5. The van der Waals surface area contributed by atoms with Crippen molar-refractivity contribution in [3.63, 3.8) is 0 Å². The van der Waals surface area contributed by atoms with Gasteiger partial charge in [0.2, 0.25) is 0 Å². The first-order valence-electron chi connectivity index (χ1n) is 8.92. The molecule has 0 radical (unpaired) electrons. The Hall–Kier alpha value is -2.41. The molecule has 0 saturated carbocycles. The van der Waals surface area contributed by atoms with E-state index in [2.05, 4.69) is 53.7 Å². The first-order valence-corrected chi connectivity index (χ1v) is 9.80. The molecule has 2 aromatic rings. The number of nitrogens with zero attached hydrogens (tertiary/aromatic N) is 3. The Morgan fingerprint density at radius 2 is 1.96 bits per heavy atom. The third kappa shape index (κ3) is 3.07. The molecule has 1 unspecified atom stereocenters. The second-order valence-electron chi connectivity index (χ2n) is 7.10. The zero-order valence-corrected chi connectivity index (χ0v) is 15.8. The van der Waals surface area contributed by atoms with E-state index in [1.54, 1.807) is 16.2 Å². The van der Waals surface area contributed by atoms with Gasteiger partial charge in [-0.15, -0.1) is 11.3 Å². The number of rotatable bonds is 3. The van der Waals surface area contributed by atoms with Crippen LogP contribution in [0.4, 0.5) is 5.13 Å². The van der Waals surface area contributed by atoms with Crippen LogP contribution >= 0.6 is 11.3 Å². The van der Waals surface area contributed by atoms with Gasteiger partial charge in [-0.1, -0.05) is 38.1 Å². The molecule has 3 heterocycles. The molecule has 2 aliphatic heterocycles. The molecular formula is C19H22N4O2S. The molecule has 1 aromatic heterocycles. The normalized spacial score (nSPS) is 20.3. The fourth-order valence-electron chi connectivity index (χ4n) is 3.47. The number of anilines is 1. The molecule has 1 N–H and O–H groups in total. The van der Waals surface area contributed by atoms with E-state index in [4.69, 9.17) is 4.98 Å². The van der Waals surface area contributed by atoms with Gasteiger partial charge in [-0.3, -0.25) is 9.59 Å². The number of amides is 2. The SMILES string of the molecule is CC(C)c1ccc(-c2csc(N3CCN4C(=O)C(=O)NCC4C3)n2)cc1.